The number of aromatic hydroxyl groups is 1. The van der Waals surface area contributed by atoms with Crippen LogP contribution in [0.4, 0.5) is 5.69 Å². The van der Waals surface area contributed by atoms with Gasteiger partial charge in [-0.2, -0.15) is 0 Å². The maximum Gasteiger partial charge on any atom is 0.115 e. The summed E-state index contributed by atoms with van der Waals surface area (Å²) >= 11 is 0. The highest BCUT2D eigenvalue weighted by Gasteiger charge is 2.17. The van der Waals surface area contributed by atoms with Crippen molar-refractivity contribution in [3.8, 4) is 5.75 Å². The number of allylic oxidation sites excluding steroid dienone is 2. The van der Waals surface area contributed by atoms with Gasteiger partial charge in [-0.1, -0.05) is 18.6 Å². The van der Waals surface area contributed by atoms with Crippen LogP contribution in [-0.2, 0) is 0 Å². The van der Waals surface area contributed by atoms with Crippen LogP contribution in [0.3, 0.4) is 0 Å². The molecule has 0 aromatic heterocycles. The smallest absolute Gasteiger partial charge is 0.115 e. The summed E-state index contributed by atoms with van der Waals surface area (Å²) in [5.41, 5.74) is 2.60. The van der Waals surface area contributed by atoms with Crippen LogP contribution >= 0.6 is 0 Å². The summed E-state index contributed by atoms with van der Waals surface area (Å²) in [7, 11) is 0. The molecule has 0 bridgehead atoms. The van der Waals surface area contributed by atoms with Crippen LogP contribution in [0.1, 0.15) is 26.7 Å². The minimum atomic E-state index is 0.320. The van der Waals surface area contributed by atoms with Crippen molar-refractivity contribution < 1.29 is 5.11 Å². The highest BCUT2D eigenvalue weighted by molar-refractivity contribution is 5.45. The van der Waals surface area contributed by atoms with E-state index >= 15 is 0 Å². The summed E-state index contributed by atoms with van der Waals surface area (Å²) in [4.78, 5) is 0. The van der Waals surface area contributed by atoms with Gasteiger partial charge in [0, 0.05) is 12.2 Å². The molecular formula is C15H21NO. The van der Waals surface area contributed by atoms with Gasteiger partial charge in [0.15, 0.2) is 0 Å². The number of anilines is 1. The molecule has 0 fully saturated rings. The van der Waals surface area contributed by atoms with Crippen LogP contribution in [-0.4, -0.2) is 11.7 Å². The number of phenolic OH excluding ortho intramolecular Hbond substituents is 1. The van der Waals surface area contributed by atoms with E-state index in [-0.39, 0.29) is 0 Å². The van der Waals surface area contributed by atoms with Crippen LogP contribution in [0.2, 0.25) is 0 Å². The van der Waals surface area contributed by atoms with E-state index in [0.29, 0.717) is 11.7 Å². The average molecular weight is 231 g/mol. The second-order valence-corrected chi connectivity index (χ2v) is 5.22. The highest BCUT2D eigenvalue weighted by atomic mass is 16.3. The molecule has 0 aliphatic heterocycles. The van der Waals surface area contributed by atoms with Crippen molar-refractivity contribution >= 4 is 5.69 Å². The molecule has 1 aromatic rings. The molecule has 0 saturated carbocycles. The molecule has 2 rings (SSSR count). The van der Waals surface area contributed by atoms with Gasteiger partial charge in [-0.3, -0.25) is 0 Å². The zero-order valence-corrected chi connectivity index (χ0v) is 10.6. The van der Waals surface area contributed by atoms with E-state index in [4.69, 9.17) is 0 Å². The minimum Gasteiger partial charge on any atom is -0.508 e. The molecule has 0 spiro atoms. The van der Waals surface area contributed by atoms with Gasteiger partial charge in [0.2, 0.25) is 0 Å². The molecule has 2 N–H and O–H groups in total. The van der Waals surface area contributed by atoms with Gasteiger partial charge in [-0.05, 0) is 55.9 Å². The summed E-state index contributed by atoms with van der Waals surface area (Å²) in [6.45, 7) is 5.53. The Morgan fingerprint density at radius 3 is 2.65 bits per heavy atom. The molecule has 0 heterocycles. The Hall–Kier alpha value is -1.44. The fraction of sp³-hybridized carbons (Fsp3) is 0.467. The van der Waals surface area contributed by atoms with E-state index < -0.39 is 0 Å². The summed E-state index contributed by atoms with van der Waals surface area (Å²) in [5, 5.41) is 12.7. The topological polar surface area (TPSA) is 32.3 Å². The lowest BCUT2D eigenvalue weighted by molar-refractivity contribution is 0.421. The van der Waals surface area contributed by atoms with Gasteiger partial charge in [0.1, 0.15) is 5.75 Å². The molecule has 1 aliphatic carbocycles. The van der Waals surface area contributed by atoms with Gasteiger partial charge in [0.05, 0.1) is 0 Å². The Labute approximate surface area is 103 Å². The first-order valence-corrected chi connectivity index (χ1v) is 6.33. The normalized spacial score (nSPS) is 24.2. The molecule has 17 heavy (non-hydrogen) atoms. The fourth-order valence-corrected chi connectivity index (χ4v) is 2.68. The fourth-order valence-electron chi connectivity index (χ4n) is 2.68. The quantitative estimate of drug-likeness (QED) is 0.612. The van der Waals surface area contributed by atoms with Crippen molar-refractivity contribution in [1.82, 2.24) is 0 Å². The number of hydrogen-bond acceptors (Lipinski definition) is 2. The Morgan fingerprint density at radius 2 is 2.00 bits per heavy atom. The van der Waals surface area contributed by atoms with Gasteiger partial charge in [-0.25, -0.2) is 0 Å². The Bertz CT molecular complexity index is 394. The van der Waals surface area contributed by atoms with E-state index in [1.807, 2.05) is 12.1 Å². The van der Waals surface area contributed by atoms with E-state index in [1.165, 1.54) is 18.4 Å². The molecular weight excluding hydrogens is 210 g/mol. The molecule has 2 nitrogen and oxygen atoms in total. The Kier molecular flexibility index (Phi) is 3.72. The lowest BCUT2D eigenvalue weighted by Crippen LogP contribution is -2.20. The molecule has 2 unspecified atom stereocenters. The van der Waals surface area contributed by atoms with Crippen LogP contribution in [0.5, 0.6) is 5.75 Å². The zero-order valence-electron chi connectivity index (χ0n) is 10.6. The average Bonchev–Trinajstić information content (AvgIpc) is 2.27. The van der Waals surface area contributed by atoms with Crippen molar-refractivity contribution in [2.75, 3.05) is 11.9 Å². The molecule has 0 radical (unpaired) electrons. The second kappa shape index (κ2) is 5.26. The third-order valence-electron chi connectivity index (χ3n) is 3.35. The predicted molar refractivity (Wildman–Crippen MR) is 72.2 cm³/mol. The third-order valence-corrected chi connectivity index (χ3v) is 3.35. The predicted octanol–water partition coefficient (Wildman–Crippen LogP) is 3.80. The molecule has 2 atom stereocenters. The van der Waals surface area contributed by atoms with Crippen LogP contribution < -0.4 is 5.32 Å². The Balaban J connectivity index is 1.86. The molecule has 0 amide bonds. The van der Waals surface area contributed by atoms with E-state index in [1.54, 1.807) is 12.1 Å². The van der Waals surface area contributed by atoms with Gasteiger partial charge < -0.3 is 10.4 Å². The molecule has 92 valence electrons. The van der Waals surface area contributed by atoms with Gasteiger partial charge >= 0.3 is 0 Å². The van der Waals surface area contributed by atoms with Crippen molar-refractivity contribution in [3.63, 3.8) is 0 Å². The van der Waals surface area contributed by atoms with Crippen molar-refractivity contribution in [3.05, 3.63) is 35.9 Å². The van der Waals surface area contributed by atoms with E-state index in [9.17, 15) is 5.11 Å². The third kappa shape index (κ3) is 3.52. The van der Waals surface area contributed by atoms with Crippen molar-refractivity contribution in [1.29, 1.82) is 0 Å². The lowest BCUT2D eigenvalue weighted by Gasteiger charge is -2.26. The van der Waals surface area contributed by atoms with E-state index in [0.717, 1.165) is 18.2 Å². The Morgan fingerprint density at radius 1 is 1.29 bits per heavy atom. The summed E-state index contributed by atoms with van der Waals surface area (Å²) in [6, 6.07) is 7.28. The summed E-state index contributed by atoms with van der Waals surface area (Å²) in [6.07, 6.45) is 4.86. The summed E-state index contributed by atoms with van der Waals surface area (Å²) in [5.74, 6) is 1.75. The number of rotatable bonds is 3. The van der Waals surface area contributed by atoms with Crippen molar-refractivity contribution in [2.24, 2.45) is 11.8 Å². The monoisotopic (exact) mass is 231 g/mol. The van der Waals surface area contributed by atoms with Crippen LogP contribution in [0.25, 0.3) is 0 Å². The largest absolute Gasteiger partial charge is 0.508 e. The van der Waals surface area contributed by atoms with E-state index in [2.05, 4.69) is 25.2 Å². The summed E-state index contributed by atoms with van der Waals surface area (Å²) < 4.78 is 0. The number of nitrogens with one attached hydrogen (secondary N) is 1. The maximum atomic E-state index is 9.21. The first kappa shape index (κ1) is 12.0. The highest BCUT2D eigenvalue weighted by Crippen LogP contribution is 2.28. The molecule has 0 saturated heterocycles. The number of hydrogen-bond donors (Lipinski definition) is 2. The lowest BCUT2D eigenvalue weighted by atomic mass is 9.84. The first-order valence-electron chi connectivity index (χ1n) is 6.33. The number of benzene rings is 1. The molecule has 2 heteroatoms. The maximum absolute atomic E-state index is 9.21. The minimum absolute atomic E-state index is 0.320. The number of phenols is 1. The zero-order chi connectivity index (χ0) is 12.3. The van der Waals surface area contributed by atoms with Crippen LogP contribution in [0, 0.1) is 11.8 Å². The van der Waals surface area contributed by atoms with Gasteiger partial charge in [0.25, 0.3) is 0 Å². The van der Waals surface area contributed by atoms with Crippen LogP contribution in [0.15, 0.2) is 35.9 Å². The standard InChI is InChI=1S/C15H21NO/c1-11-7-12(2)9-13(8-11)10-16-14-3-5-15(17)6-4-14/h3-7,11,13,16-17H,8-10H2,1-2H3. The molecule has 1 aliphatic rings. The van der Waals surface area contributed by atoms with Crippen molar-refractivity contribution in [2.45, 2.75) is 26.7 Å². The van der Waals surface area contributed by atoms with Gasteiger partial charge in [-0.15, -0.1) is 0 Å². The molecule has 1 aromatic carbocycles. The second-order valence-electron chi connectivity index (χ2n) is 5.22. The SMILES string of the molecule is CC1=CC(C)CC(CNc2ccc(O)cc2)C1. The first-order chi connectivity index (χ1) is 8.13.